The molecule has 0 saturated heterocycles. The molecule has 1 amide bonds. The first kappa shape index (κ1) is 20.2. The molecular formula is C22H22N2O5S. The van der Waals surface area contributed by atoms with Gasteiger partial charge in [-0.2, -0.15) is 0 Å². The van der Waals surface area contributed by atoms with Crippen LogP contribution >= 0.6 is 0 Å². The zero-order valence-corrected chi connectivity index (χ0v) is 17.0. The van der Waals surface area contributed by atoms with E-state index in [4.69, 9.17) is 9.15 Å². The summed E-state index contributed by atoms with van der Waals surface area (Å²) < 4.78 is 38.7. The van der Waals surface area contributed by atoms with Crippen molar-refractivity contribution in [3.05, 3.63) is 78.3 Å². The number of furan rings is 1. The number of sulfonamides is 1. The summed E-state index contributed by atoms with van der Waals surface area (Å²) in [4.78, 5) is 12.8. The van der Waals surface area contributed by atoms with E-state index in [1.54, 1.807) is 42.5 Å². The van der Waals surface area contributed by atoms with E-state index >= 15 is 0 Å². The number of hydrogen-bond acceptors (Lipinski definition) is 5. The van der Waals surface area contributed by atoms with Crippen molar-refractivity contribution in [2.24, 2.45) is 0 Å². The van der Waals surface area contributed by atoms with Gasteiger partial charge >= 0.3 is 0 Å². The lowest BCUT2D eigenvalue weighted by Crippen LogP contribution is -2.26. The average molecular weight is 426 g/mol. The molecule has 0 spiro atoms. The van der Waals surface area contributed by atoms with Gasteiger partial charge in [0.15, 0.2) is 0 Å². The Morgan fingerprint density at radius 1 is 1.07 bits per heavy atom. The number of ether oxygens (including phenoxy) is 1. The topological polar surface area (TPSA) is 97.6 Å². The molecular weight excluding hydrogens is 404 g/mol. The minimum Gasteiger partial charge on any atom is -0.490 e. The maximum atomic E-state index is 12.8. The number of carbonyl (C=O) groups is 1. The van der Waals surface area contributed by atoms with E-state index in [9.17, 15) is 13.2 Å². The fourth-order valence-corrected chi connectivity index (χ4v) is 4.07. The van der Waals surface area contributed by atoms with Crippen molar-refractivity contribution in [1.29, 1.82) is 0 Å². The first-order chi connectivity index (χ1) is 14.5. The maximum absolute atomic E-state index is 12.8. The van der Waals surface area contributed by atoms with E-state index in [1.165, 1.54) is 18.4 Å². The Balaban J connectivity index is 1.47. The molecule has 1 aliphatic carbocycles. The fraction of sp³-hybridized carbons (Fsp3) is 0.227. The third-order valence-electron chi connectivity index (χ3n) is 4.90. The summed E-state index contributed by atoms with van der Waals surface area (Å²) >= 11 is 0. The van der Waals surface area contributed by atoms with Crippen molar-refractivity contribution < 1.29 is 22.4 Å². The molecule has 0 atom stereocenters. The minimum absolute atomic E-state index is 0.0395. The Hall–Kier alpha value is -3.10. The lowest BCUT2D eigenvalue weighted by Gasteiger charge is -2.27. The molecule has 156 valence electrons. The van der Waals surface area contributed by atoms with Crippen molar-refractivity contribution in [1.82, 2.24) is 4.72 Å². The van der Waals surface area contributed by atoms with Crippen LogP contribution < -0.4 is 14.8 Å². The van der Waals surface area contributed by atoms with Crippen LogP contribution in [0, 0.1) is 0 Å². The summed E-state index contributed by atoms with van der Waals surface area (Å²) in [5.74, 6) is 0.678. The third kappa shape index (κ3) is 4.72. The largest absolute Gasteiger partial charge is 0.490 e. The summed E-state index contributed by atoms with van der Waals surface area (Å²) in [7, 11) is -3.77. The number of rotatable bonds is 8. The number of para-hydroxylation sites is 1. The Kier molecular flexibility index (Phi) is 5.87. The van der Waals surface area contributed by atoms with Crippen molar-refractivity contribution in [2.75, 3.05) is 5.32 Å². The summed E-state index contributed by atoms with van der Waals surface area (Å²) in [5, 5.41) is 2.76. The average Bonchev–Trinajstić information content (AvgIpc) is 3.23. The molecule has 2 aromatic carbocycles. The van der Waals surface area contributed by atoms with Gasteiger partial charge < -0.3 is 14.5 Å². The number of carbonyl (C=O) groups excluding carboxylic acids is 1. The highest BCUT2D eigenvalue weighted by Gasteiger charge is 2.22. The van der Waals surface area contributed by atoms with Crippen LogP contribution in [0.15, 0.2) is 76.2 Å². The highest BCUT2D eigenvalue weighted by molar-refractivity contribution is 7.89. The monoisotopic (exact) mass is 426 g/mol. The highest BCUT2D eigenvalue weighted by atomic mass is 32.2. The second-order valence-corrected chi connectivity index (χ2v) is 8.82. The van der Waals surface area contributed by atoms with E-state index in [0.29, 0.717) is 22.8 Å². The van der Waals surface area contributed by atoms with Crippen molar-refractivity contribution in [3.8, 4) is 5.75 Å². The summed E-state index contributed by atoms with van der Waals surface area (Å²) in [6, 6.07) is 16.5. The lowest BCUT2D eigenvalue weighted by atomic mass is 9.96. The van der Waals surface area contributed by atoms with E-state index < -0.39 is 10.0 Å². The first-order valence-electron chi connectivity index (χ1n) is 9.70. The Labute approximate surface area is 175 Å². The van der Waals surface area contributed by atoms with Gasteiger partial charge in [0, 0.05) is 5.69 Å². The molecule has 1 aliphatic rings. The van der Waals surface area contributed by atoms with Crippen LogP contribution in [0.2, 0.25) is 0 Å². The second kappa shape index (κ2) is 8.73. The van der Waals surface area contributed by atoms with E-state index in [2.05, 4.69) is 10.0 Å². The zero-order chi connectivity index (χ0) is 21.0. The van der Waals surface area contributed by atoms with E-state index in [0.717, 1.165) is 19.3 Å². The van der Waals surface area contributed by atoms with Crippen LogP contribution in [-0.4, -0.2) is 20.4 Å². The Morgan fingerprint density at radius 3 is 2.63 bits per heavy atom. The van der Waals surface area contributed by atoms with Crippen molar-refractivity contribution >= 4 is 21.6 Å². The third-order valence-corrected chi connectivity index (χ3v) is 6.30. The van der Waals surface area contributed by atoms with Gasteiger partial charge in [-0.15, -0.1) is 0 Å². The zero-order valence-electron chi connectivity index (χ0n) is 16.2. The number of nitrogens with one attached hydrogen (secondary N) is 2. The Morgan fingerprint density at radius 2 is 1.90 bits per heavy atom. The van der Waals surface area contributed by atoms with Crippen molar-refractivity contribution in [2.45, 2.75) is 36.8 Å². The molecule has 1 aromatic heterocycles. The fourth-order valence-electron chi connectivity index (χ4n) is 3.03. The Bertz CT molecular complexity index is 1120. The second-order valence-electron chi connectivity index (χ2n) is 7.05. The number of anilines is 1. The molecule has 1 fully saturated rings. The summed E-state index contributed by atoms with van der Waals surface area (Å²) in [6.07, 6.45) is 4.73. The normalized spacial score (nSPS) is 14.1. The smallest absolute Gasteiger partial charge is 0.259 e. The van der Waals surface area contributed by atoms with Gasteiger partial charge in [0.05, 0.1) is 29.4 Å². The van der Waals surface area contributed by atoms with Crippen molar-refractivity contribution in [3.63, 3.8) is 0 Å². The van der Waals surface area contributed by atoms with Gasteiger partial charge in [0.1, 0.15) is 11.5 Å². The first-order valence-corrected chi connectivity index (χ1v) is 11.2. The van der Waals surface area contributed by atoms with Gasteiger partial charge in [0.2, 0.25) is 10.0 Å². The predicted octanol–water partition coefficient (Wildman–Crippen LogP) is 3.94. The van der Waals surface area contributed by atoms with Gasteiger partial charge in [-0.3, -0.25) is 4.79 Å². The predicted molar refractivity (Wildman–Crippen MR) is 112 cm³/mol. The van der Waals surface area contributed by atoms with Gasteiger partial charge in [0.25, 0.3) is 5.91 Å². The molecule has 1 saturated carbocycles. The van der Waals surface area contributed by atoms with Gasteiger partial charge in [-0.25, -0.2) is 13.1 Å². The summed E-state index contributed by atoms with van der Waals surface area (Å²) in [6.45, 7) is 0.0395. The molecule has 0 radical (unpaired) electrons. The molecule has 7 nitrogen and oxygen atoms in total. The van der Waals surface area contributed by atoms with Gasteiger partial charge in [-0.1, -0.05) is 18.2 Å². The molecule has 2 N–H and O–H groups in total. The molecule has 30 heavy (non-hydrogen) atoms. The number of hydrogen-bond donors (Lipinski definition) is 2. The van der Waals surface area contributed by atoms with Crippen LogP contribution in [-0.2, 0) is 16.6 Å². The standard InChI is InChI=1S/C22H22N2O5S/c25-22(20-11-1-2-12-21(20)29-17-7-4-8-17)24-16-6-3-10-19(14-16)30(26,27)23-15-18-9-5-13-28-18/h1-3,5-6,9-14,17,23H,4,7-8,15H2,(H,24,25). The molecule has 0 aliphatic heterocycles. The van der Waals surface area contributed by atoms with Gasteiger partial charge in [-0.05, 0) is 61.7 Å². The van der Waals surface area contributed by atoms with Crippen LogP contribution in [0.4, 0.5) is 5.69 Å². The maximum Gasteiger partial charge on any atom is 0.259 e. The molecule has 8 heteroatoms. The highest BCUT2D eigenvalue weighted by Crippen LogP contribution is 2.28. The van der Waals surface area contributed by atoms with E-state index in [-0.39, 0.29) is 23.5 Å². The molecule has 0 bridgehead atoms. The van der Waals surface area contributed by atoms with Crippen LogP contribution in [0.1, 0.15) is 35.4 Å². The van der Waals surface area contributed by atoms with Crippen LogP contribution in [0.3, 0.4) is 0 Å². The molecule has 4 rings (SSSR count). The van der Waals surface area contributed by atoms with Crippen LogP contribution in [0.25, 0.3) is 0 Å². The summed E-state index contributed by atoms with van der Waals surface area (Å²) in [5.41, 5.74) is 0.785. The van der Waals surface area contributed by atoms with E-state index in [1.807, 2.05) is 6.07 Å². The number of amides is 1. The molecule has 0 unspecified atom stereocenters. The quantitative estimate of drug-likeness (QED) is 0.569. The minimum atomic E-state index is -3.77. The SMILES string of the molecule is O=C(Nc1cccc(S(=O)(=O)NCc2ccco2)c1)c1ccccc1OC1CCC1. The van der Waals surface area contributed by atoms with Crippen LogP contribution in [0.5, 0.6) is 5.75 Å². The lowest BCUT2D eigenvalue weighted by molar-refractivity contribution is 0.0992. The number of benzene rings is 2. The molecule has 1 heterocycles. The molecule has 3 aromatic rings.